The van der Waals surface area contributed by atoms with Crippen molar-refractivity contribution >= 4 is 5.69 Å². The molecule has 14 heavy (non-hydrogen) atoms. The predicted molar refractivity (Wildman–Crippen MR) is 58.6 cm³/mol. The highest BCUT2D eigenvalue weighted by atomic mass is 16.3. The smallest absolute Gasteiger partial charge is 0.0450 e. The van der Waals surface area contributed by atoms with Crippen molar-refractivity contribution in [3.63, 3.8) is 0 Å². The number of nitrogens with one attached hydrogen (secondary N) is 1. The van der Waals surface area contributed by atoms with Gasteiger partial charge in [0.15, 0.2) is 0 Å². The van der Waals surface area contributed by atoms with Crippen molar-refractivity contribution in [3.05, 3.63) is 29.3 Å². The summed E-state index contributed by atoms with van der Waals surface area (Å²) in [4.78, 5) is 0. The lowest BCUT2D eigenvalue weighted by atomic mass is 9.95. The molecule has 2 rings (SSSR count). The standard InChI is InChI=1S/C12H17NO/c1-9-2-3-10-4-5-11(6-7-14)13-12(10)8-9/h2-3,8,11,13-14H,4-7H2,1H3. The molecule has 0 spiro atoms. The quantitative estimate of drug-likeness (QED) is 0.750. The number of fused-ring (bicyclic) bond motifs is 1. The van der Waals surface area contributed by atoms with E-state index in [0.717, 1.165) is 19.3 Å². The Bertz CT molecular complexity index is 322. The molecule has 2 N–H and O–H groups in total. The van der Waals surface area contributed by atoms with Gasteiger partial charge in [0, 0.05) is 18.3 Å². The van der Waals surface area contributed by atoms with Crippen molar-refractivity contribution in [2.75, 3.05) is 11.9 Å². The van der Waals surface area contributed by atoms with Crippen LogP contribution in [0.2, 0.25) is 0 Å². The lowest BCUT2D eigenvalue weighted by molar-refractivity contribution is 0.276. The van der Waals surface area contributed by atoms with Gasteiger partial charge in [-0.3, -0.25) is 0 Å². The number of aryl methyl sites for hydroxylation is 2. The molecular weight excluding hydrogens is 174 g/mol. The number of aliphatic hydroxyl groups is 1. The Kier molecular flexibility index (Phi) is 2.73. The fourth-order valence-electron chi connectivity index (χ4n) is 2.04. The molecule has 0 radical (unpaired) electrons. The minimum atomic E-state index is 0.277. The summed E-state index contributed by atoms with van der Waals surface area (Å²) in [5.41, 5.74) is 3.96. The number of aliphatic hydroxyl groups excluding tert-OH is 1. The lowest BCUT2D eigenvalue weighted by Crippen LogP contribution is -2.26. The monoisotopic (exact) mass is 191 g/mol. The van der Waals surface area contributed by atoms with Crippen LogP contribution in [0.5, 0.6) is 0 Å². The summed E-state index contributed by atoms with van der Waals surface area (Å²) in [7, 11) is 0. The van der Waals surface area contributed by atoms with Gasteiger partial charge in [-0.05, 0) is 43.4 Å². The average molecular weight is 191 g/mol. The molecule has 0 saturated heterocycles. The molecule has 1 aliphatic heterocycles. The summed E-state index contributed by atoms with van der Waals surface area (Å²) >= 11 is 0. The maximum atomic E-state index is 8.88. The minimum absolute atomic E-state index is 0.277. The van der Waals surface area contributed by atoms with Crippen LogP contribution >= 0.6 is 0 Å². The number of anilines is 1. The van der Waals surface area contributed by atoms with Gasteiger partial charge in [-0.15, -0.1) is 0 Å². The molecule has 1 aromatic carbocycles. The summed E-state index contributed by atoms with van der Waals surface area (Å²) in [5, 5.41) is 12.4. The topological polar surface area (TPSA) is 32.3 Å². The lowest BCUT2D eigenvalue weighted by Gasteiger charge is -2.26. The maximum absolute atomic E-state index is 8.88. The zero-order chi connectivity index (χ0) is 9.97. The zero-order valence-electron chi connectivity index (χ0n) is 8.59. The fourth-order valence-corrected chi connectivity index (χ4v) is 2.04. The van der Waals surface area contributed by atoms with E-state index in [1.807, 2.05) is 0 Å². The molecule has 0 bridgehead atoms. The van der Waals surface area contributed by atoms with E-state index in [0.29, 0.717) is 6.04 Å². The SMILES string of the molecule is Cc1ccc2c(c1)NC(CCO)CC2. The van der Waals surface area contributed by atoms with Crippen LogP contribution in [-0.4, -0.2) is 17.8 Å². The Morgan fingerprint density at radius 2 is 2.36 bits per heavy atom. The Labute approximate surface area is 85.0 Å². The van der Waals surface area contributed by atoms with Gasteiger partial charge in [0.25, 0.3) is 0 Å². The summed E-state index contributed by atoms with van der Waals surface area (Å²) < 4.78 is 0. The number of hydrogen-bond acceptors (Lipinski definition) is 2. The average Bonchev–Trinajstić information content (AvgIpc) is 2.17. The molecule has 1 heterocycles. The number of hydrogen-bond donors (Lipinski definition) is 2. The largest absolute Gasteiger partial charge is 0.396 e. The summed E-state index contributed by atoms with van der Waals surface area (Å²) in [6, 6.07) is 7.01. The molecule has 0 aromatic heterocycles. The summed E-state index contributed by atoms with van der Waals surface area (Å²) in [6.45, 7) is 2.39. The van der Waals surface area contributed by atoms with Gasteiger partial charge >= 0.3 is 0 Å². The first kappa shape index (κ1) is 9.53. The van der Waals surface area contributed by atoms with Crippen LogP contribution in [0.3, 0.4) is 0 Å². The van der Waals surface area contributed by atoms with E-state index >= 15 is 0 Å². The van der Waals surface area contributed by atoms with Crippen molar-refractivity contribution < 1.29 is 5.11 Å². The van der Waals surface area contributed by atoms with Crippen LogP contribution in [0.1, 0.15) is 24.0 Å². The third-order valence-corrected chi connectivity index (χ3v) is 2.86. The Hall–Kier alpha value is -1.02. The van der Waals surface area contributed by atoms with E-state index < -0.39 is 0 Å². The molecule has 1 aromatic rings. The molecule has 0 amide bonds. The molecular formula is C12H17NO. The maximum Gasteiger partial charge on any atom is 0.0450 e. The van der Waals surface area contributed by atoms with Crippen molar-refractivity contribution in [1.29, 1.82) is 0 Å². The Balaban J connectivity index is 2.16. The highest BCUT2D eigenvalue weighted by Crippen LogP contribution is 2.26. The molecule has 2 nitrogen and oxygen atoms in total. The first-order valence-corrected chi connectivity index (χ1v) is 5.26. The van der Waals surface area contributed by atoms with Gasteiger partial charge in [0.05, 0.1) is 0 Å². The molecule has 1 atom stereocenters. The summed E-state index contributed by atoms with van der Waals surface area (Å²) in [5.74, 6) is 0. The Morgan fingerprint density at radius 1 is 1.50 bits per heavy atom. The molecule has 0 aliphatic carbocycles. The highest BCUT2D eigenvalue weighted by molar-refractivity contribution is 5.55. The van der Waals surface area contributed by atoms with Crippen LogP contribution in [0, 0.1) is 6.92 Å². The number of benzene rings is 1. The first-order chi connectivity index (χ1) is 6.79. The predicted octanol–water partition coefficient (Wildman–Crippen LogP) is 2.10. The third-order valence-electron chi connectivity index (χ3n) is 2.86. The zero-order valence-corrected chi connectivity index (χ0v) is 8.59. The molecule has 1 unspecified atom stereocenters. The third kappa shape index (κ3) is 1.90. The van der Waals surface area contributed by atoms with Crippen molar-refractivity contribution in [2.45, 2.75) is 32.2 Å². The van der Waals surface area contributed by atoms with Gasteiger partial charge in [0.1, 0.15) is 0 Å². The van der Waals surface area contributed by atoms with E-state index in [1.54, 1.807) is 0 Å². The molecule has 2 heteroatoms. The van der Waals surface area contributed by atoms with Gasteiger partial charge in [-0.25, -0.2) is 0 Å². The van der Waals surface area contributed by atoms with Crippen molar-refractivity contribution in [2.24, 2.45) is 0 Å². The van der Waals surface area contributed by atoms with Gasteiger partial charge in [0.2, 0.25) is 0 Å². The van der Waals surface area contributed by atoms with Crippen LogP contribution in [0.4, 0.5) is 5.69 Å². The summed E-state index contributed by atoms with van der Waals surface area (Å²) in [6.07, 6.45) is 3.12. The van der Waals surface area contributed by atoms with E-state index in [4.69, 9.17) is 5.11 Å². The van der Waals surface area contributed by atoms with Crippen LogP contribution in [0.15, 0.2) is 18.2 Å². The van der Waals surface area contributed by atoms with E-state index in [1.165, 1.54) is 16.8 Å². The van der Waals surface area contributed by atoms with Crippen LogP contribution in [-0.2, 0) is 6.42 Å². The van der Waals surface area contributed by atoms with Gasteiger partial charge in [-0.2, -0.15) is 0 Å². The van der Waals surface area contributed by atoms with E-state index in [2.05, 4.69) is 30.4 Å². The molecule has 1 aliphatic rings. The number of rotatable bonds is 2. The second-order valence-corrected chi connectivity index (χ2v) is 4.05. The van der Waals surface area contributed by atoms with Crippen LogP contribution in [0.25, 0.3) is 0 Å². The highest BCUT2D eigenvalue weighted by Gasteiger charge is 2.16. The molecule has 0 fully saturated rings. The van der Waals surface area contributed by atoms with Gasteiger partial charge < -0.3 is 10.4 Å². The normalized spacial score (nSPS) is 20.0. The minimum Gasteiger partial charge on any atom is -0.396 e. The van der Waals surface area contributed by atoms with Gasteiger partial charge in [-0.1, -0.05) is 12.1 Å². The van der Waals surface area contributed by atoms with Crippen molar-refractivity contribution in [3.8, 4) is 0 Å². The van der Waals surface area contributed by atoms with E-state index in [9.17, 15) is 0 Å². The van der Waals surface area contributed by atoms with Crippen LogP contribution < -0.4 is 5.32 Å². The van der Waals surface area contributed by atoms with E-state index in [-0.39, 0.29) is 6.61 Å². The van der Waals surface area contributed by atoms with Crippen molar-refractivity contribution in [1.82, 2.24) is 0 Å². The second kappa shape index (κ2) is 4.01. The first-order valence-electron chi connectivity index (χ1n) is 5.26. The Morgan fingerprint density at radius 3 is 3.14 bits per heavy atom. The molecule has 76 valence electrons. The second-order valence-electron chi connectivity index (χ2n) is 4.05. The molecule has 0 saturated carbocycles. The fraction of sp³-hybridized carbons (Fsp3) is 0.500.